The van der Waals surface area contributed by atoms with Crippen LogP contribution < -0.4 is 0 Å². The first-order chi connectivity index (χ1) is 9.16. The van der Waals surface area contributed by atoms with Crippen LogP contribution in [0.1, 0.15) is 29.9 Å². The van der Waals surface area contributed by atoms with Gasteiger partial charge in [-0.1, -0.05) is 18.2 Å². The molecule has 1 fully saturated rings. The van der Waals surface area contributed by atoms with Crippen LogP contribution in [0.25, 0.3) is 21.9 Å². The van der Waals surface area contributed by atoms with Crippen LogP contribution >= 0.6 is 0 Å². The Morgan fingerprint density at radius 3 is 2.26 bits per heavy atom. The summed E-state index contributed by atoms with van der Waals surface area (Å²) in [4.78, 5) is 0. The number of aryl methyl sites for hydroxylation is 1. The van der Waals surface area contributed by atoms with E-state index in [1.807, 2.05) is 12.1 Å². The van der Waals surface area contributed by atoms with E-state index in [1.54, 1.807) is 19.1 Å². The summed E-state index contributed by atoms with van der Waals surface area (Å²) in [5, 5.41) is 1.29. The zero-order valence-corrected chi connectivity index (χ0v) is 10.5. The Balaban J connectivity index is 2.13. The normalized spacial score (nSPS) is 15.5. The van der Waals surface area contributed by atoms with Gasteiger partial charge < -0.3 is 4.42 Å². The van der Waals surface area contributed by atoms with Gasteiger partial charge in [-0.15, -0.1) is 0 Å². The molecule has 0 unspecified atom stereocenters. The molecule has 2 aromatic carbocycles. The van der Waals surface area contributed by atoms with Crippen molar-refractivity contribution in [2.45, 2.75) is 25.7 Å². The second kappa shape index (κ2) is 3.56. The fourth-order valence-electron chi connectivity index (χ4n) is 2.66. The Morgan fingerprint density at radius 2 is 1.58 bits per heavy atom. The maximum Gasteiger partial charge on any atom is 0.171 e. The van der Waals surface area contributed by atoms with Gasteiger partial charge in [-0.3, -0.25) is 0 Å². The van der Waals surface area contributed by atoms with Gasteiger partial charge >= 0.3 is 0 Å². The van der Waals surface area contributed by atoms with Crippen molar-refractivity contribution in [3.05, 3.63) is 47.0 Å². The van der Waals surface area contributed by atoms with E-state index >= 15 is 0 Å². The summed E-state index contributed by atoms with van der Waals surface area (Å²) in [6.07, 6.45) is 2.05. The molecule has 0 N–H and O–H groups in total. The Morgan fingerprint density at radius 1 is 0.947 bits per heavy atom. The molecule has 0 aliphatic heterocycles. The summed E-state index contributed by atoms with van der Waals surface area (Å²) in [6, 6.07) is 7.13. The molecule has 0 atom stereocenters. The number of halogens is 2. The fourth-order valence-corrected chi connectivity index (χ4v) is 2.66. The summed E-state index contributed by atoms with van der Waals surface area (Å²) >= 11 is 0. The van der Waals surface area contributed by atoms with Crippen molar-refractivity contribution in [1.29, 1.82) is 0 Å². The highest BCUT2D eigenvalue weighted by atomic mass is 19.1. The van der Waals surface area contributed by atoms with Crippen molar-refractivity contribution >= 4 is 21.9 Å². The predicted molar refractivity (Wildman–Crippen MR) is 70.3 cm³/mol. The van der Waals surface area contributed by atoms with Crippen molar-refractivity contribution in [3.8, 4) is 0 Å². The number of hydrogen-bond acceptors (Lipinski definition) is 1. The standard InChI is InChI=1S/C16H12F2O/c1-8-2-5-11-12-7-6-10(9-3-4-9)14(18)16(12)19-15(11)13(8)17/h2,5-7,9H,3-4H2,1H3. The lowest BCUT2D eigenvalue weighted by atomic mass is 10.1. The third-order valence-corrected chi connectivity index (χ3v) is 3.93. The molecular weight excluding hydrogens is 246 g/mol. The molecule has 3 aromatic rings. The Bertz CT molecular complexity index is 813. The highest BCUT2D eigenvalue weighted by Gasteiger charge is 2.28. The lowest BCUT2D eigenvalue weighted by molar-refractivity contribution is 0.549. The van der Waals surface area contributed by atoms with E-state index in [1.165, 1.54) is 0 Å². The van der Waals surface area contributed by atoms with Crippen molar-refractivity contribution in [2.75, 3.05) is 0 Å². The molecule has 3 heteroatoms. The predicted octanol–water partition coefficient (Wildman–Crippen LogP) is 5.05. The molecule has 0 bridgehead atoms. The Hall–Kier alpha value is -1.90. The highest BCUT2D eigenvalue weighted by molar-refractivity contribution is 6.05. The minimum absolute atomic E-state index is 0.154. The lowest BCUT2D eigenvalue weighted by Crippen LogP contribution is -1.86. The summed E-state index contributed by atoms with van der Waals surface area (Å²) in [5.74, 6) is -0.418. The second-order valence-electron chi connectivity index (χ2n) is 5.29. The number of furan rings is 1. The molecule has 1 saturated carbocycles. The third-order valence-electron chi connectivity index (χ3n) is 3.93. The van der Waals surface area contributed by atoms with E-state index in [9.17, 15) is 8.78 Å². The second-order valence-corrected chi connectivity index (χ2v) is 5.29. The third kappa shape index (κ3) is 1.44. The molecule has 1 aromatic heterocycles. The summed E-state index contributed by atoms with van der Waals surface area (Å²) in [5.41, 5.74) is 1.55. The van der Waals surface area contributed by atoms with Gasteiger partial charge in [0.15, 0.2) is 22.8 Å². The molecule has 0 amide bonds. The van der Waals surface area contributed by atoms with Crippen LogP contribution in [-0.4, -0.2) is 0 Å². The van der Waals surface area contributed by atoms with Gasteiger partial charge in [0.05, 0.1) is 0 Å². The SMILES string of the molecule is Cc1ccc2c(oc3c(F)c(C4CC4)ccc32)c1F. The first-order valence-corrected chi connectivity index (χ1v) is 6.46. The van der Waals surface area contributed by atoms with E-state index in [0.29, 0.717) is 27.8 Å². The number of fused-ring (bicyclic) bond motifs is 3. The van der Waals surface area contributed by atoms with Gasteiger partial charge in [0, 0.05) is 10.8 Å². The summed E-state index contributed by atoms with van der Waals surface area (Å²) < 4.78 is 33.9. The number of hydrogen-bond donors (Lipinski definition) is 0. The van der Waals surface area contributed by atoms with Crippen LogP contribution in [-0.2, 0) is 0 Å². The Kier molecular flexibility index (Phi) is 2.06. The molecule has 1 nitrogen and oxygen atoms in total. The molecule has 0 radical (unpaired) electrons. The molecule has 1 heterocycles. The monoisotopic (exact) mass is 258 g/mol. The maximum absolute atomic E-state index is 14.4. The van der Waals surface area contributed by atoms with Crippen LogP contribution in [0.4, 0.5) is 8.78 Å². The molecule has 19 heavy (non-hydrogen) atoms. The van der Waals surface area contributed by atoms with Crippen LogP contribution in [0.15, 0.2) is 28.7 Å². The largest absolute Gasteiger partial charge is 0.450 e. The lowest BCUT2D eigenvalue weighted by Gasteiger charge is -2.00. The van der Waals surface area contributed by atoms with Crippen LogP contribution in [0.5, 0.6) is 0 Å². The minimum atomic E-state index is -0.402. The summed E-state index contributed by atoms with van der Waals surface area (Å²) in [6.45, 7) is 1.67. The first kappa shape index (κ1) is 11.0. The molecular formula is C16H12F2O. The van der Waals surface area contributed by atoms with Crippen molar-refractivity contribution < 1.29 is 13.2 Å². The molecule has 96 valence electrons. The maximum atomic E-state index is 14.4. The van der Waals surface area contributed by atoms with Gasteiger partial charge in [0.2, 0.25) is 0 Å². The number of rotatable bonds is 1. The molecule has 4 rings (SSSR count). The van der Waals surface area contributed by atoms with E-state index in [-0.39, 0.29) is 17.0 Å². The smallest absolute Gasteiger partial charge is 0.171 e. The number of benzene rings is 2. The minimum Gasteiger partial charge on any atom is -0.450 e. The fraction of sp³-hybridized carbons (Fsp3) is 0.250. The van der Waals surface area contributed by atoms with Gasteiger partial charge in [-0.2, -0.15) is 0 Å². The zero-order valence-electron chi connectivity index (χ0n) is 10.5. The average Bonchev–Trinajstić information content (AvgIpc) is 3.15. The van der Waals surface area contributed by atoms with Crippen molar-refractivity contribution in [3.63, 3.8) is 0 Å². The van der Waals surface area contributed by atoms with E-state index in [2.05, 4.69) is 0 Å². The molecule has 1 aliphatic carbocycles. The molecule has 1 aliphatic rings. The van der Waals surface area contributed by atoms with Crippen LogP contribution in [0.2, 0.25) is 0 Å². The molecule has 0 saturated heterocycles. The van der Waals surface area contributed by atoms with Gasteiger partial charge in [-0.25, -0.2) is 8.78 Å². The van der Waals surface area contributed by atoms with Gasteiger partial charge in [-0.05, 0) is 42.9 Å². The van der Waals surface area contributed by atoms with Gasteiger partial charge in [0.25, 0.3) is 0 Å². The van der Waals surface area contributed by atoms with Crippen LogP contribution in [0, 0.1) is 18.6 Å². The topological polar surface area (TPSA) is 13.1 Å². The van der Waals surface area contributed by atoms with E-state index in [4.69, 9.17) is 4.42 Å². The van der Waals surface area contributed by atoms with Crippen molar-refractivity contribution in [1.82, 2.24) is 0 Å². The van der Waals surface area contributed by atoms with Crippen LogP contribution in [0.3, 0.4) is 0 Å². The quantitative estimate of drug-likeness (QED) is 0.595. The van der Waals surface area contributed by atoms with E-state index in [0.717, 1.165) is 12.8 Å². The average molecular weight is 258 g/mol. The highest BCUT2D eigenvalue weighted by Crippen LogP contribution is 2.44. The zero-order chi connectivity index (χ0) is 13.1. The first-order valence-electron chi connectivity index (χ1n) is 6.46. The summed E-state index contributed by atoms with van der Waals surface area (Å²) in [7, 11) is 0. The van der Waals surface area contributed by atoms with Crippen molar-refractivity contribution in [2.24, 2.45) is 0 Å². The van der Waals surface area contributed by atoms with E-state index < -0.39 is 5.82 Å². The molecule has 0 spiro atoms. The Labute approximate surface area is 108 Å². The van der Waals surface area contributed by atoms with Gasteiger partial charge in [0.1, 0.15) is 0 Å².